The second kappa shape index (κ2) is 5.85. The molecule has 1 aliphatic rings. The Kier molecular flexibility index (Phi) is 4.40. The number of rotatable bonds is 4. The van der Waals surface area contributed by atoms with Crippen molar-refractivity contribution in [3.63, 3.8) is 0 Å². The van der Waals surface area contributed by atoms with E-state index in [0.717, 1.165) is 25.8 Å². The van der Waals surface area contributed by atoms with E-state index in [9.17, 15) is 9.90 Å². The molecule has 3 atom stereocenters. The Morgan fingerprint density at radius 2 is 2.33 bits per heavy atom. The largest absolute Gasteiger partial charge is 0.481 e. The van der Waals surface area contributed by atoms with E-state index in [4.69, 9.17) is 0 Å². The molecule has 1 heterocycles. The zero-order chi connectivity index (χ0) is 13.1. The van der Waals surface area contributed by atoms with Crippen LogP contribution in [-0.2, 0) is 11.3 Å². The minimum Gasteiger partial charge on any atom is -0.481 e. The first kappa shape index (κ1) is 13.6. The fourth-order valence-electron chi connectivity index (χ4n) is 2.91. The van der Waals surface area contributed by atoms with Gasteiger partial charge in [0.2, 0.25) is 0 Å². The highest BCUT2D eigenvalue weighted by molar-refractivity contribution is 7.07. The van der Waals surface area contributed by atoms with E-state index in [2.05, 4.69) is 35.7 Å². The van der Waals surface area contributed by atoms with Crippen LogP contribution in [0.1, 0.15) is 31.7 Å². The summed E-state index contributed by atoms with van der Waals surface area (Å²) in [5.74, 6) is -0.204. The highest BCUT2D eigenvalue weighted by Gasteiger charge is 2.35. The Morgan fingerprint density at radius 3 is 2.94 bits per heavy atom. The maximum Gasteiger partial charge on any atom is 0.308 e. The molecular formula is C14H21NO2S. The van der Waals surface area contributed by atoms with Crippen LogP contribution in [0.5, 0.6) is 0 Å². The Balaban J connectivity index is 2.04. The fraction of sp³-hybridized carbons (Fsp3) is 0.643. The van der Waals surface area contributed by atoms with Crippen molar-refractivity contribution >= 4 is 17.3 Å². The van der Waals surface area contributed by atoms with Crippen molar-refractivity contribution in [2.75, 3.05) is 7.05 Å². The smallest absolute Gasteiger partial charge is 0.308 e. The molecule has 0 aromatic carbocycles. The normalized spacial score (nSPS) is 28.5. The van der Waals surface area contributed by atoms with Gasteiger partial charge in [0.05, 0.1) is 5.92 Å². The Hall–Kier alpha value is -0.870. The van der Waals surface area contributed by atoms with Gasteiger partial charge in [-0.25, -0.2) is 0 Å². The fourth-order valence-corrected chi connectivity index (χ4v) is 3.57. The molecule has 3 unspecified atom stereocenters. The van der Waals surface area contributed by atoms with Crippen LogP contribution in [0, 0.1) is 11.8 Å². The van der Waals surface area contributed by atoms with E-state index in [-0.39, 0.29) is 12.0 Å². The summed E-state index contributed by atoms with van der Waals surface area (Å²) in [6.07, 6.45) is 2.85. The van der Waals surface area contributed by atoms with Gasteiger partial charge in [-0.1, -0.05) is 6.92 Å². The third kappa shape index (κ3) is 3.12. The molecule has 0 aliphatic heterocycles. The van der Waals surface area contributed by atoms with Gasteiger partial charge in [-0.3, -0.25) is 9.69 Å². The summed E-state index contributed by atoms with van der Waals surface area (Å²) in [4.78, 5) is 13.6. The topological polar surface area (TPSA) is 40.5 Å². The minimum absolute atomic E-state index is 0.172. The average Bonchev–Trinajstić information content (AvgIpc) is 2.81. The van der Waals surface area contributed by atoms with Gasteiger partial charge in [0.15, 0.2) is 0 Å². The highest BCUT2D eigenvalue weighted by atomic mass is 32.1. The second-order valence-electron chi connectivity index (χ2n) is 5.48. The molecule has 1 aromatic rings. The number of nitrogens with zero attached hydrogens (tertiary/aromatic N) is 1. The van der Waals surface area contributed by atoms with Crippen LogP contribution in [0.15, 0.2) is 16.8 Å². The lowest BCUT2D eigenvalue weighted by atomic mass is 9.78. The summed E-state index contributed by atoms with van der Waals surface area (Å²) in [6.45, 7) is 3.08. The Labute approximate surface area is 112 Å². The number of carboxylic acid groups (broad SMARTS) is 1. The summed E-state index contributed by atoms with van der Waals surface area (Å²) in [5, 5.41) is 13.6. The van der Waals surface area contributed by atoms with Gasteiger partial charge >= 0.3 is 5.97 Å². The van der Waals surface area contributed by atoms with Gasteiger partial charge in [-0.15, -0.1) is 0 Å². The van der Waals surface area contributed by atoms with Crippen LogP contribution >= 0.6 is 11.3 Å². The monoisotopic (exact) mass is 267 g/mol. The molecule has 1 saturated carbocycles. The molecule has 0 saturated heterocycles. The third-order valence-electron chi connectivity index (χ3n) is 3.97. The third-order valence-corrected chi connectivity index (χ3v) is 4.71. The van der Waals surface area contributed by atoms with Crippen molar-refractivity contribution in [1.82, 2.24) is 4.90 Å². The van der Waals surface area contributed by atoms with Crippen LogP contribution in [0.25, 0.3) is 0 Å². The van der Waals surface area contributed by atoms with Gasteiger partial charge in [0.1, 0.15) is 0 Å². The van der Waals surface area contributed by atoms with Crippen molar-refractivity contribution < 1.29 is 9.90 Å². The van der Waals surface area contributed by atoms with Crippen molar-refractivity contribution in [2.24, 2.45) is 11.8 Å². The zero-order valence-electron chi connectivity index (χ0n) is 11.0. The zero-order valence-corrected chi connectivity index (χ0v) is 11.8. The number of aliphatic carboxylic acids is 1. The first-order valence-corrected chi connectivity index (χ1v) is 7.46. The van der Waals surface area contributed by atoms with E-state index in [1.54, 1.807) is 11.3 Å². The maximum atomic E-state index is 11.4. The van der Waals surface area contributed by atoms with Gasteiger partial charge in [-0.05, 0) is 54.6 Å². The van der Waals surface area contributed by atoms with Gasteiger partial charge in [0.25, 0.3) is 0 Å². The van der Waals surface area contributed by atoms with Crippen molar-refractivity contribution in [2.45, 2.75) is 38.8 Å². The molecule has 2 rings (SSSR count). The summed E-state index contributed by atoms with van der Waals surface area (Å²) >= 11 is 1.69. The molecule has 3 nitrogen and oxygen atoms in total. The van der Waals surface area contributed by atoms with E-state index in [1.807, 2.05) is 0 Å². The Bertz CT molecular complexity index is 391. The highest BCUT2D eigenvalue weighted by Crippen LogP contribution is 2.32. The van der Waals surface area contributed by atoms with E-state index in [0.29, 0.717) is 5.92 Å². The molecule has 0 radical (unpaired) electrons. The number of carbonyl (C=O) groups is 1. The number of hydrogen-bond acceptors (Lipinski definition) is 3. The number of thiophene rings is 1. The van der Waals surface area contributed by atoms with E-state index in [1.165, 1.54) is 5.56 Å². The summed E-state index contributed by atoms with van der Waals surface area (Å²) in [7, 11) is 2.05. The summed E-state index contributed by atoms with van der Waals surface area (Å²) in [5.41, 5.74) is 1.28. The van der Waals surface area contributed by atoms with E-state index < -0.39 is 5.97 Å². The molecule has 1 aliphatic carbocycles. The van der Waals surface area contributed by atoms with Crippen LogP contribution < -0.4 is 0 Å². The molecule has 0 spiro atoms. The molecular weight excluding hydrogens is 246 g/mol. The SMILES string of the molecule is CC1CCC(C(=O)O)C(N(C)Cc2ccsc2)C1. The van der Waals surface area contributed by atoms with Crippen LogP contribution in [0.2, 0.25) is 0 Å². The number of carboxylic acids is 1. The Morgan fingerprint density at radius 1 is 1.56 bits per heavy atom. The molecule has 18 heavy (non-hydrogen) atoms. The van der Waals surface area contributed by atoms with Gasteiger partial charge in [0, 0.05) is 12.6 Å². The van der Waals surface area contributed by atoms with Gasteiger partial charge < -0.3 is 5.11 Å². The van der Waals surface area contributed by atoms with Crippen LogP contribution in [0.3, 0.4) is 0 Å². The lowest BCUT2D eigenvalue weighted by Crippen LogP contribution is -2.44. The molecule has 0 amide bonds. The average molecular weight is 267 g/mol. The predicted octanol–water partition coefficient (Wildman–Crippen LogP) is 3.07. The van der Waals surface area contributed by atoms with Crippen LogP contribution in [0.4, 0.5) is 0 Å². The predicted molar refractivity (Wildman–Crippen MR) is 73.7 cm³/mol. The molecule has 1 N–H and O–H groups in total. The molecule has 1 aromatic heterocycles. The quantitative estimate of drug-likeness (QED) is 0.911. The van der Waals surface area contributed by atoms with Crippen molar-refractivity contribution in [1.29, 1.82) is 0 Å². The first-order chi connectivity index (χ1) is 8.58. The number of hydrogen-bond donors (Lipinski definition) is 1. The standard InChI is InChI=1S/C14H21NO2S/c1-10-3-4-12(14(16)17)13(7-10)15(2)8-11-5-6-18-9-11/h5-6,9-10,12-13H,3-4,7-8H2,1-2H3,(H,16,17). The lowest BCUT2D eigenvalue weighted by Gasteiger charge is -2.38. The summed E-state index contributed by atoms with van der Waals surface area (Å²) < 4.78 is 0. The van der Waals surface area contributed by atoms with Crippen molar-refractivity contribution in [3.8, 4) is 0 Å². The van der Waals surface area contributed by atoms with Crippen LogP contribution in [-0.4, -0.2) is 29.1 Å². The van der Waals surface area contributed by atoms with Gasteiger partial charge in [-0.2, -0.15) is 11.3 Å². The molecule has 100 valence electrons. The maximum absolute atomic E-state index is 11.4. The molecule has 1 fully saturated rings. The first-order valence-electron chi connectivity index (χ1n) is 6.52. The lowest BCUT2D eigenvalue weighted by molar-refractivity contribution is -0.146. The molecule has 0 bridgehead atoms. The second-order valence-corrected chi connectivity index (χ2v) is 6.26. The minimum atomic E-state index is -0.635. The van der Waals surface area contributed by atoms with E-state index >= 15 is 0 Å². The molecule has 4 heteroatoms. The summed E-state index contributed by atoms with van der Waals surface area (Å²) in [6, 6.07) is 2.29. The van der Waals surface area contributed by atoms with Crippen molar-refractivity contribution in [3.05, 3.63) is 22.4 Å².